The number of carbonyl (C=O) groups excluding carboxylic acids is 2. The first kappa shape index (κ1) is 21.6. The lowest BCUT2D eigenvalue weighted by Crippen LogP contribution is -2.49. The number of phenolic OH excluding ortho intramolecular Hbond substituents is 1. The largest absolute Gasteiger partial charge is 0.507 e. The number of hydrogen-bond acceptors (Lipinski definition) is 4. The van der Waals surface area contributed by atoms with E-state index in [1.165, 1.54) is 12.1 Å². The number of carbonyl (C=O) groups is 2. The molecule has 0 aliphatic carbocycles. The third kappa shape index (κ3) is 4.89. The molecule has 2 aliphatic heterocycles. The Hall–Kier alpha value is -2.15. The van der Waals surface area contributed by atoms with E-state index in [9.17, 15) is 19.1 Å². The third-order valence-corrected chi connectivity index (χ3v) is 6.38. The smallest absolute Gasteiger partial charge is 0.257 e. The summed E-state index contributed by atoms with van der Waals surface area (Å²) in [6.45, 7) is 7.09. The van der Waals surface area contributed by atoms with Gasteiger partial charge in [-0.1, -0.05) is 26.7 Å². The van der Waals surface area contributed by atoms with Crippen LogP contribution in [0.4, 0.5) is 4.39 Å². The summed E-state index contributed by atoms with van der Waals surface area (Å²) in [6.07, 6.45) is 3.60. The van der Waals surface area contributed by atoms with Crippen LogP contribution in [0.5, 0.6) is 5.75 Å². The van der Waals surface area contributed by atoms with Gasteiger partial charge in [-0.3, -0.25) is 9.59 Å². The third-order valence-electron chi connectivity index (χ3n) is 6.38. The highest BCUT2D eigenvalue weighted by atomic mass is 19.1. The van der Waals surface area contributed by atoms with Crippen LogP contribution in [-0.2, 0) is 9.53 Å². The van der Waals surface area contributed by atoms with E-state index in [1.807, 2.05) is 4.90 Å². The molecule has 7 heteroatoms. The summed E-state index contributed by atoms with van der Waals surface area (Å²) in [5.41, 5.74) is -0.432. The Morgan fingerprint density at radius 1 is 1.24 bits per heavy atom. The molecule has 0 unspecified atom stereocenters. The summed E-state index contributed by atoms with van der Waals surface area (Å²) in [5, 5.41) is 9.89. The number of rotatable bonds is 5. The summed E-state index contributed by atoms with van der Waals surface area (Å²) >= 11 is 0. The molecule has 2 amide bonds. The van der Waals surface area contributed by atoms with Gasteiger partial charge < -0.3 is 19.6 Å². The fourth-order valence-electron chi connectivity index (χ4n) is 4.28. The molecule has 0 saturated carbocycles. The Morgan fingerprint density at radius 2 is 1.93 bits per heavy atom. The maximum absolute atomic E-state index is 13.2. The average molecular weight is 406 g/mol. The van der Waals surface area contributed by atoms with E-state index in [0.717, 1.165) is 25.5 Å². The highest BCUT2D eigenvalue weighted by Crippen LogP contribution is 2.34. The molecule has 2 heterocycles. The molecule has 29 heavy (non-hydrogen) atoms. The minimum Gasteiger partial charge on any atom is -0.507 e. The Balaban J connectivity index is 1.62. The Kier molecular flexibility index (Phi) is 6.77. The van der Waals surface area contributed by atoms with Crippen molar-refractivity contribution < 1.29 is 23.8 Å². The quantitative estimate of drug-likeness (QED) is 0.815. The standard InChI is InChI=1S/C22H31FN2O4/c1-3-16(4-2)15-25-11-12-29-22(14-20(25)27)7-9-24(10-8-22)21(28)18-6-5-17(23)13-19(18)26/h5-6,13,16,26H,3-4,7-12,14-15H2,1-2H3. The molecule has 0 bridgehead atoms. The summed E-state index contributed by atoms with van der Waals surface area (Å²) in [7, 11) is 0. The van der Waals surface area contributed by atoms with Gasteiger partial charge in [0.05, 0.1) is 24.2 Å². The Labute approximate surface area is 171 Å². The van der Waals surface area contributed by atoms with E-state index in [2.05, 4.69) is 13.8 Å². The highest BCUT2D eigenvalue weighted by Gasteiger charge is 2.42. The lowest BCUT2D eigenvalue weighted by atomic mass is 9.87. The lowest BCUT2D eigenvalue weighted by Gasteiger charge is -2.40. The fraction of sp³-hybridized carbons (Fsp3) is 0.636. The molecule has 0 radical (unpaired) electrons. The van der Waals surface area contributed by atoms with E-state index < -0.39 is 11.4 Å². The number of benzene rings is 1. The predicted molar refractivity (Wildman–Crippen MR) is 107 cm³/mol. The number of nitrogens with zero attached hydrogens (tertiary/aromatic N) is 2. The zero-order valence-electron chi connectivity index (χ0n) is 17.3. The van der Waals surface area contributed by atoms with Crippen LogP contribution in [0.15, 0.2) is 18.2 Å². The van der Waals surface area contributed by atoms with Crippen molar-refractivity contribution in [3.05, 3.63) is 29.6 Å². The molecule has 3 rings (SSSR count). The predicted octanol–water partition coefficient (Wildman–Crippen LogP) is 3.19. The molecule has 2 fully saturated rings. The van der Waals surface area contributed by atoms with E-state index in [1.54, 1.807) is 4.90 Å². The number of aromatic hydroxyl groups is 1. The van der Waals surface area contributed by atoms with Gasteiger partial charge in [0.2, 0.25) is 5.91 Å². The number of piperidine rings is 1. The van der Waals surface area contributed by atoms with Crippen LogP contribution in [-0.4, -0.2) is 65.1 Å². The zero-order chi connectivity index (χ0) is 21.0. The fourth-order valence-corrected chi connectivity index (χ4v) is 4.28. The molecule has 0 aromatic heterocycles. The second-order valence-corrected chi connectivity index (χ2v) is 8.18. The van der Waals surface area contributed by atoms with Gasteiger partial charge in [-0.2, -0.15) is 0 Å². The monoisotopic (exact) mass is 406 g/mol. The van der Waals surface area contributed by atoms with Crippen molar-refractivity contribution in [3.63, 3.8) is 0 Å². The number of ether oxygens (including phenoxy) is 1. The van der Waals surface area contributed by atoms with Gasteiger partial charge in [0.15, 0.2) is 0 Å². The Morgan fingerprint density at radius 3 is 2.55 bits per heavy atom. The number of halogens is 1. The minimum atomic E-state index is -0.583. The topological polar surface area (TPSA) is 70.1 Å². The van der Waals surface area contributed by atoms with Gasteiger partial charge in [-0.25, -0.2) is 4.39 Å². The van der Waals surface area contributed by atoms with Crippen LogP contribution in [0.3, 0.4) is 0 Å². The number of phenols is 1. The van der Waals surface area contributed by atoms with Crippen LogP contribution in [0, 0.1) is 11.7 Å². The number of amides is 2. The summed E-state index contributed by atoms with van der Waals surface area (Å²) in [6, 6.07) is 3.42. The molecule has 0 atom stereocenters. The summed E-state index contributed by atoms with van der Waals surface area (Å²) < 4.78 is 19.3. The summed E-state index contributed by atoms with van der Waals surface area (Å²) in [4.78, 5) is 29.1. The summed E-state index contributed by atoms with van der Waals surface area (Å²) in [5.74, 6) is -0.623. The zero-order valence-corrected chi connectivity index (χ0v) is 17.3. The maximum Gasteiger partial charge on any atom is 0.257 e. The second kappa shape index (κ2) is 9.11. The average Bonchev–Trinajstić information content (AvgIpc) is 2.84. The molecule has 1 aromatic carbocycles. The molecular weight excluding hydrogens is 375 g/mol. The van der Waals surface area contributed by atoms with Crippen molar-refractivity contribution in [1.29, 1.82) is 0 Å². The first-order valence-electron chi connectivity index (χ1n) is 10.6. The van der Waals surface area contributed by atoms with Gasteiger partial charge >= 0.3 is 0 Å². The second-order valence-electron chi connectivity index (χ2n) is 8.18. The molecule has 1 N–H and O–H groups in total. The van der Waals surface area contributed by atoms with Gasteiger partial charge in [0.1, 0.15) is 11.6 Å². The van der Waals surface area contributed by atoms with Crippen LogP contribution in [0.2, 0.25) is 0 Å². The molecular formula is C22H31FN2O4. The Bertz CT molecular complexity index is 742. The van der Waals surface area contributed by atoms with E-state index in [0.29, 0.717) is 51.4 Å². The number of hydrogen-bond donors (Lipinski definition) is 1. The van der Waals surface area contributed by atoms with Crippen molar-refractivity contribution in [2.24, 2.45) is 5.92 Å². The van der Waals surface area contributed by atoms with Gasteiger partial charge in [0.25, 0.3) is 5.91 Å². The number of likely N-dealkylation sites (tertiary alicyclic amines) is 1. The van der Waals surface area contributed by atoms with E-state index in [4.69, 9.17) is 4.74 Å². The van der Waals surface area contributed by atoms with E-state index >= 15 is 0 Å². The molecule has 1 spiro atoms. The van der Waals surface area contributed by atoms with Crippen molar-refractivity contribution in [2.45, 2.75) is 51.6 Å². The highest BCUT2D eigenvalue weighted by molar-refractivity contribution is 5.96. The SMILES string of the molecule is CCC(CC)CN1CCOC2(CCN(C(=O)c3ccc(F)cc3O)CC2)CC1=O. The molecule has 1 aromatic rings. The van der Waals surface area contributed by atoms with E-state index in [-0.39, 0.29) is 23.1 Å². The van der Waals surface area contributed by atoms with Crippen molar-refractivity contribution in [1.82, 2.24) is 9.80 Å². The molecule has 6 nitrogen and oxygen atoms in total. The van der Waals surface area contributed by atoms with Crippen LogP contribution < -0.4 is 0 Å². The normalized spacial score (nSPS) is 19.7. The maximum atomic E-state index is 13.2. The van der Waals surface area contributed by atoms with Crippen molar-refractivity contribution in [2.75, 3.05) is 32.8 Å². The van der Waals surface area contributed by atoms with Gasteiger partial charge in [-0.05, 0) is 30.9 Å². The van der Waals surface area contributed by atoms with Crippen LogP contribution in [0.25, 0.3) is 0 Å². The lowest BCUT2D eigenvalue weighted by molar-refractivity contribution is -0.135. The first-order valence-corrected chi connectivity index (χ1v) is 10.6. The van der Waals surface area contributed by atoms with Crippen LogP contribution in [0.1, 0.15) is 56.3 Å². The molecule has 2 saturated heterocycles. The van der Waals surface area contributed by atoms with Gasteiger partial charge in [-0.15, -0.1) is 0 Å². The van der Waals surface area contributed by atoms with Gasteiger partial charge in [0, 0.05) is 32.2 Å². The molecule has 160 valence electrons. The van der Waals surface area contributed by atoms with Crippen molar-refractivity contribution >= 4 is 11.8 Å². The van der Waals surface area contributed by atoms with Crippen molar-refractivity contribution in [3.8, 4) is 5.75 Å². The van der Waals surface area contributed by atoms with Crippen LogP contribution >= 0.6 is 0 Å². The minimum absolute atomic E-state index is 0.0940. The molecule has 2 aliphatic rings. The first-order chi connectivity index (χ1) is 13.9.